The first-order valence-electron chi connectivity index (χ1n) is 6.53. The molecule has 0 unspecified atom stereocenters. The number of alkyl carbamates (subject to hydrolysis) is 1. The lowest BCUT2D eigenvalue weighted by Crippen LogP contribution is -2.45. The largest absolute Gasteiger partial charge is 0.444 e. The number of sulfone groups is 1. The maximum Gasteiger partial charge on any atom is 0.407 e. The molecule has 0 saturated carbocycles. The Bertz CT molecular complexity index is 414. The zero-order valence-corrected chi connectivity index (χ0v) is 12.6. The molecule has 1 heterocycles. The first-order valence-corrected chi connectivity index (χ1v) is 8.35. The molecule has 1 amide bonds. The highest BCUT2D eigenvalue weighted by Crippen LogP contribution is 2.19. The number of nitrogens with one attached hydrogen (secondary N) is 1. The van der Waals surface area contributed by atoms with E-state index in [1.54, 1.807) is 20.8 Å². The lowest BCUT2D eigenvalue weighted by atomic mass is 9.95. The fourth-order valence-corrected chi connectivity index (χ4v) is 3.59. The van der Waals surface area contributed by atoms with Crippen LogP contribution in [0.4, 0.5) is 4.79 Å². The van der Waals surface area contributed by atoms with E-state index >= 15 is 0 Å². The van der Waals surface area contributed by atoms with Gasteiger partial charge in [0.1, 0.15) is 15.4 Å². The minimum absolute atomic E-state index is 0.0233. The number of carbonyl (C=O) groups excluding carboxylic acids is 1. The Morgan fingerprint density at radius 3 is 2.42 bits per heavy atom. The highest BCUT2D eigenvalue weighted by atomic mass is 32.2. The van der Waals surface area contributed by atoms with Gasteiger partial charge in [0.25, 0.3) is 0 Å². The molecule has 1 saturated heterocycles. The van der Waals surface area contributed by atoms with Crippen LogP contribution in [0.2, 0.25) is 0 Å². The van der Waals surface area contributed by atoms with Crippen molar-refractivity contribution in [3.05, 3.63) is 0 Å². The van der Waals surface area contributed by atoms with E-state index in [9.17, 15) is 13.2 Å². The molecule has 0 aromatic carbocycles. The maximum absolute atomic E-state index is 11.7. The molecule has 3 N–H and O–H groups in total. The molecule has 2 atom stereocenters. The monoisotopic (exact) mass is 292 g/mol. The van der Waals surface area contributed by atoms with Crippen molar-refractivity contribution in [3.8, 4) is 0 Å². The number of hydrogen-bond donors (Lipinski definition) is 2. The Kier molecular flexibility index (Phi) is 5.20. The fourth-order valence-electron chi connectivity index (χ4n) is 2.11. The van der Waals surface area contributed by atoms with Crippen molar-refractivity contribution in [2.24, 2.45) is 11.7 Å². The average molecular weight is 292 g/mol. The summed E-state index contributed by atoms with van der Waals surface area (Å²) in [7, 11) is -3.01. The van der Waals surface area contributed by atoms with Crippen LogP contribution in [-0.2, 0) is 14.6 Å². The van der Waals surface area contributed by atoms with Gasteiger partial charge in [0, 0.05) is 6.04 Å². The molecule has 19 heavy (non-hydrogen) atoms. The third kappa shape index (κ3) is 5.78. The van der Waals surface area contributed by atoms with Gasteiger partial charge in [0.05, 0.1) is 11.5 Å². The maximum atomic E-state index is 11.7. The van der Waals surface area contributed by atoms with Crippen LogP contribution in [0.3, 0.4) is 0 Å². The van der Waals surface area contributed by atoms with Crippen LogP contribution in [0.25, 0.3) is 0 Å². The first-order chi connectivity index (χ1) is 8.63. The first kappa shape index (κ1) is 16.2. The molecule has 0 aromatic rings. The van der Waals surface area contributed by atoms with Crippen LogP contribution < -0.4 is 11.1 Å². The lowest BCUT2D eigenvalue weighted by Gasteiger charge is -2.26. The highest BCUT2D eigenvalue weighted by Gasteiger charge is 2.30. The summed E-state index contributed by atoms with van der Waals surface area (Å²) < 4.78 is 28.4. The summed E-state index contributed by atoms with van der Waals surface area (Å²) in [5, 5.41) is 2.75. The molecule has 0 aromatic heterocycles. The lowest BCUT2D eigenvalue weighted by molar-refractivity contribution is 0.0485. The van der Waals surface area contributed by atoms with Gasteiger partial charge in [-0.25, -0.2) is 13.2 Å². The molecule has 7 heteroatoms. The molecule has 112 valence electrons. The second-order valence-corrected chi connectivity index (χ2v) is 8.28. The molecule has 1 aliphatic rings. The van der Waals surface area contributed by atoms with Crippen LogP contribution in [-0.4, -0.2) is 44.2 Å². The summed E-state index contributed by atoms with van der Waals surface area (Å²) in [5.41, 5.74) is 5.10. The zero-order chi connectivity index (χ0) is 14.7. The number of carbonyl (C=O) groups is 1. The number of nitrogens with two attached hydrogens (primary N) is 1. The molecule has 0 radical (unpaired) electrons. The topological polar surface area (TPSA) is 98.5 Å². The number of rotatable bonds is 2. The highest BCUT2D eigenvalue weighted by molar-refractivity contribution is 7.91. The second-order valence-electron chi connectivity index (χ2n) is 5.98. The van der Waals surface area contributed by atoms with Gasteiger partial charge in [-0.05, 0) is 46.1 Å². The van der Waals surface area contributed by atoms with E-state index in [1.165, 1.54) is 0 Å². The molecular weight excluding hydrogens is 268 g/mol. The fraction of sp³-hybridized carbons (Fsp3) is 0.917. The van der Waals surface area contributed by atoms with E-state index in [4.69, 9.17) is 10.5 Å². The number of ether oxygens (including phenoxy) is 1. The van der Waals surface area contributed by atoms with Gasteiger partial charge in [0.15, 0.2) is 0 Å². The minimum atomic E-state index is -3.01. The Morgan fingerprint density at radius 1 is 1.32 bits per heavy atom. The van der Waals surface area contributed by atoms with Crippen LogP contribution in [0.5, 0.6) is 0 Å². The Morgan fingerprint density at radius 2 is 1.89 bits per heavy atom. The van der Waals surface area contributed by atoms with Crippen LogP contribution >= 0.6 is 0 Å². The molecule has 1 aliphatic heterocycles. The second kappa shape index (κ2) is 6.09. The molecule has 1 rings (SSSR count). The van der Waals surface area contributed by atoms with Crippen LogP contribution in [0.15, 0.2) is 0 Å². The third-order valence-corrected chi connectivity index (χ3v) is 4.83. The van der Waals surface area contributed by atoms with Crippen LogP contribution in [0, 0.1) is 5.92 Å². The molecule has 1 fully saturated rings. The molecular formula is C12H24N2O4S. The van der Waals surface area contributed by atoms with E-state index in [0.29, 0.717) is 19.4 Å². The summed E-state index contributed by atoms with van der Waals surface area (Å²) in [6.45, 7) is 5.70. The van der Waals surface area contributed by atoms with E-state index in [-0.39, 0.29) is 23.5 Å². The van der Waals surface area contributed by atoms with Crippen molar-refractivity contribution in [1.29, 1.82) is 0 Å². The number of hydrogen-bond acceptors (Lipinski definition) is 5. The van der Waals surface area contributed by atoms with Crippen LogP contribution in [0.1, 0.15) is 33.6 Å². The van der Waals surface area contributed by atoms with E-state index in [0.717, 1.165) is 0 Å². The van der Waals surface area contributed by atoms with Gasteiger partial charge in [-0.3, -0.25) is 0 Å². The van der Waals surface area contributed by atoms with Crippen molar-refractivity contribution < 1.29 is 17.9 Å². The van der Waals surface area contributed by atoms with Gasteiger partial charge >= 0.3 is 6.09 Å². The normalized spacial score (nSPS) is 27.4. The standard InChI is InChI=1S/C12H24N2O4S/c1-12(2,3)18-11(15)14-10-5-7-19(16,17)6-4-9(10)8-13/h9-10H,4-8,13H2,1-3H3,(H,14,15)/t9-,10+/m0/s1. The molecule has 0 spiro atoms. The summed E-state index contributed by atoms with van der Waals surface area (Å²) in [6.07, 6.45) is 0.359. The van der Waals surface area contributed by atoms with Gasteiger partial charge in [0.2, 0.25) is 0 Å². The Hall–Kier alpha value is -0.820. The van der Waals surface area contributed by atoms with Gasteiger partial charge < -0.3 is 15.8 Å². The van der Waals surface area contributed by atoms with E-state index in [2.05, 4.69) is 5.32 Å². The Balaban J connectivity index is 2.66. The van der Waals surface area contributed by atoms with Crippen molar-refractivity contribution in [1.82, 2.24) is 5.32 Å². The quantitative estimate of drug-likeness (QED) is 0.779. The summed E-state index contributed by atoms with van der Waals surface area (Å²) >= 11 is 0. The summed E-state index contributed by atoms with van der Waals surface area (Å²) in [6, 6.07) is -0.239. The molecule has 0 bridgehead atoms. The van der Waals surface area contributed by atoms with Gasteiger partial charge in [-0.2, -0.15) is 0 Å². The average Bonchev–Trinajstić information content (AvgIpc) is 2.36. The minimum Gasteiger partial charge on any atom is -0.444 e. The van der Waals surface area contributed by atoms with Crippen molar-refractivity contribution in [2.45, 2.75) is 45.3 Å². The van der Waals surface area contributed by atoms with Crippen molar-refractivity contribution >= 4 is 15.9 Å². The van der Waals surface area contributed by atoms with Gasteiger partial charge in [-0.15, -0.1) is 0 Å². The number of amides is 1. The SMILES string of the molecule is CC(C)(C)OC(=O)N[C@@H]1CCS(=O)(=O)CC[C@H]1CN. The predicted molar refractivity (Wildman–Crippen MR) is 73.6 cm³/mol. The summed E-state index contributed by atoms with van der Waals surface area (Å²) in [5.74, 6) is 0.204. The third-order valence-electron chi connectivity index (χ3n) is 3.11. The zero-order valence-electron chi connectivity index (χ0n) is 11.8. The van der Waals surface area contributed by atoms with E-state index in [1.807, 2.05) is 0 Å². The van der Waals surface area contributed by atoms with Crippen molar-refractivity contribution in [3.63, 3.8) is 0 Å². The summed E-state index contributed by atoms with van der Waals surface area (Å²) in [4.78, 5) is 11.7. The molecule has 6 nitrogen and oxygen atoms in total. The predicted octanol–water partition coefficient (Wildman–Crippen LogP) is 0.663. The van der Waals surface area contributed by atoms with Crippen molar-refractivity contribution in [2.75, 3.05) is 18.1 Å². The van der Waals surface area contributed by atoms with E-state index < -0.39 is 21.5 Å². The smallest absolute Gasteiger partial charge is 0.407 e. The molecule has 0 aliphatic carbocycles. The Labute approximate surface area is 115 Å². The van der Waals surface area contributed by atoms with Gasteiger partial charge in [-0.1, -0.05) is 0 Å².